The molecule has 1 saturated carbocycles. The highest BCUT2D eigenvalue weighted by Crippen LogP contribution is 2.25. The Morgan fingerprint density at radius 2 is 2.21 bits per heavy atom. The summed E-state index contributed by atoms with van der Waals surface area (Å²) in [5.41, 5.74) is 1.30. The van der Waals surface area contributed by atoms with Crippen molar-refractivity contribution >= 4 is 0 Å². The van der Waals surface area contributed by atoms with Gasteiger partial charge in [-0.25, -0.2) is 0 Å². The lowest BCUT2D eigenvalue weighted by Crippen LogP contribution is -2.27. The number of rotatable bonds is 6. The van der Waals surface area contributed by atoms with Crippen molar-refractivity contribution < 1.29 is 4.42 Å². The van der Waals surface area contributed by atoms with Gasteiger partial charge in [0.1, 0.15) is 11.5 Å². The molecule has 0 aromatic carbocycles. The van der Waals surface area contributed by atoms with Gasteiger partial charge >= 0.3 is 0 Å². The minimum atomic E-state index is 0.746. The van der Waals surface area contributed by atoms with Crippen molar-refractivity contribution in [2.75, 3.05) is 6.54 Å². The van der Waals surface area contributed by atoms with Gasteiger partial charge in [-0.3, -0.25) is 4.90 Å². The maximum atomic E-state index is 6.04. The fraction of sp³-hybridized carbons (Fsp3) is 0.750. The van der Waals surface area contributed by atoms with Crippen LogP contribution in [-0.2, 0) is 13.1 Å². The molecular formula is C16H26N2O. The van der Waals surface area contributed by atoms with Crippen LogP contribution in [0.4, 0.5) is 0 Å². The molecule has 1 aliphatic carbocycles. The average Bonchev–Trinajstić information content (AvgIpc) is 3.02. The Morgan fingerprint density at radius 1 is 1.37 bits per heavy atom. The van der Waals surface area contributed by atoms with E-state index in [4.69, 9.17) is 4.42 Å². The monoisotopic (exact) mass is 262 g/mol. The third-order valence-electron chi connectivity index (χ3n) is 4.53. The minimum absolute atomic E-state index is 0.746. The zero-order valence-electron chi connectivity index (χ0n) is 12.2. The van der Waals surface area contributed by atoms with Crippen molar-refractivity contribution in [1.29, 1.82) is 0 Å². The molecule has 2 heterocycles. The fourth-order valence-electron chi connectivity index (χ4n) is 3.13. The van der Waals surface area contributed by atoms with Crippen LogP contribution in [0.15, 0.2) is 10.5 Å². The second kappa shape index (κ2) is 5.68. The van der Waals surface area contributed by atoms with Gasteiger partial charge in [0.15, 0.2) is 0 Å². The van der Waals surface area contributed by atoms with Crippen molar-refractivity contribution in [3.8, 4) is 0 Å². The molecule has 0 radical (unpaired) electrons. The number of likely N-dealkylation sites (tertiary alicyclic amines) is 1. The minimum Gasteiger partial charge on any atom is -0.463 e. The van der Waals surface area contributed by atoms with Crippen molar-refractivity contribution in [2.45, 2.75) is 71.1 Å². The molecule has 1 aliphatic heterocycles. The topological polar surface area (TPSA) is 28.4 Å². The van der Waals surface area contributed by atoms with E-state index in [1.807, 2.05) is 0 Å². The van der Waals surface area contributed by atoms with E-state index >= 15 is 0 Å². The number of nitrogens with one attached hydrogen (secondary N) is 1. The quantitative estimate of drug-likeness (QED) is 0.853. The Hall–Kier alpha value is -0.800. The summed E-state index contributed by atoms with van der Waals surface area (Å²) in [5, 5.41) is 3.53. The largest absolute Gasteiger partial charge is 0.463 e. The Kier molecular flexibility index (Phi) is 3.94. The van der Waals surface area contributed by atoms with Crippen molar-refractivity contribution in [3.05, 3.63) is 23.2 Å². The summed E-state index contributed by atoms with van der Waals surface area (Å²) in [7, 11) is 0. The molecular weight excluding hydrogens is 236 g/mol. The van der Waals surface area contributed by atoms with E-state index in [-0.39, 0.29) is 0 Å². The molecule has 0 amide bonds. The first kappa shape index (κ1) is 13.2. The van der Waals surface area contributed by atoms with E-state index in [0.29, 0.717) is 0 Å². The zero-order valence-corrected chi connectivity index (χ0v) is 12.2. The lowest BCUT2D eigenvalue weighted by molar-refractivity contribution is 0.219. The van der Waals surface area contributed by atoms with Crippen molar-refractivity contribution in [2.24, 2.45) is 0 Å². The number of furan rings is 1. The third kappa shape index (κ3) is 3.21. The number of aryl methyl sites for hydroxylation is 1. The van der Waals surface area contributed by atoms with Crippen LogP contribution < -0.4 is 5.32 Å². The molecule has 106 valence electrons. The lowest BCUT2D eigenvalue weighted by Gasteiger charge is -2.21. The molecule has 19 heavy (non-hydrogen) atoms. The first-order valence-electron chi connectivity index (χ1n) is 7.82. The maximum Gasteiger partial charge on any atom is 0.120 e. The first-order chi connectivity index (χ1) is 9.26. The lowest BCUT2D eigenvalue weighted by atomic mass is 10.1. The van der Waals surface area contributed by atoms with Gasteiger partial charge in [-0.05, 0) is 57.2 Å². The van der Waals surface area contributed by atoms with E-state index < -0.39 is 0 Å². The van der Waals surface area contributed by atoms with Gasteiger partial charge in [-0.2, -0.15) is 0 Å². The van der Waals surface area contributed by atoms with E-state index in [1.54, 1.807) is 0 Å². The van der Waals surface area contributed by atoms with Crippen LogP contribution >= 0.6 is 0 Å². The smallest absolute Gasteiger partial charge is 0.120 e. The summed E-state index contributed by atoms with van der Waals surface area (Å²) < 4.78 is 6.04. The molecule has 1 N–H and O–H groups in total. The Balaban J connectivity index is 1.59. The summed E-state index contributed by atoms with van der Waals surface area (Å²) in [6, 6.07) is 3.74. The third-order valence-corrected chi connectivity index (χ3v) is 4.53. The molecule has 3 heteroatoms. The molecule has 3 nitrogen and oxygen atoms in total. The van der Waals surface area contributed by atoms with Crippen molar-refractivity contribution in [1.82, 2.24) is 10.2 Å². The molecule has 1 aromatic heterocycles. The highest BCUT2D eigenvalue weighted by molar-refractivity contribution is 5.20. The van der Waals surface area contributed by atoms with Crippen LogP contribution in [0.5, 0.6) is 0 Å². The highest BCUT2D eigenvalue weighted by atomic mass is 16.3. The average molecular weight is 262 g/mol. The van der Waals surface area contributed by atoms with E-state index in [9.17, 15) is 0 Å². The summed E-state index contributed by atoms with van der Waals surface area (Å²) in [6.07, 6.45) is 6.62. The normalized spacial score (nSPS) is 24.2. The number of hydrogen-bond acceptors (Lipinski definition) is 3. The van der Waals surface area contributed by atoms with Crippen LogP contribution in [0.1, 0.15) is 56.1 Å². The van der Waals surface area contributed by atoms with Gasteiger partial charge < -0.3 is 9.73 Å². The molecule has 1 unspecified atom stereocenters. The maximum absolute atomic E-state index is 6.04. The van der Waals surface area contributed by atoms with Crippen LogP contribution in [0.3, 0.4) is 0 Å². The van der Waals surface area contributed by atoms with E-state index in [0.717, 1.165) is 36.7 Å². The van der Waals surface area contributed by atoms with Gasteiger partial charge in [-0.15, -0.1) is 0 Å². The van der Waals surface area contributed by atoms with E-state index in [1.165, 1.54) is 44.2 Å². The van der Waals surface area contributed by atoms with Crippen LogP contribution in [0.25, 0.3) is 0 Å². The Morgan fingerprint density at radius 3 is 2.95 bits per heavy atom. The molecule has 0 bridgehead atoms. The molecule has 3 rings (SSSR count). The SMILES string of the molecule is CCC1CCCN1Cc1cc(C)c(CNC2CC2)o1. The van der Waals surface area contributed by atoms with Gasteiger partial charge in [0.2, 0.25) is 0 Å². The van der Waals surface area contributed by atoms with E-state index in [2.05, 4.69) is 30.1 Å². The molecule has 1 atom stereocenters. The standard InChI is InChI=1S/C16H26N2O/c1-3-14-5-4-8-18(14)11-15-9-12(2)16(19-15)10-17-13-6-7-13/h9,13-14,17H,3-8,10-11H2,1-2H3. The van der Waals surface area contributed by atoms with Gasteiger partial charge in [0, 0.05) is 12.1 Å². The molecule has 1 aromatic rings. The zero-order chi connectivity index (χ0) is 13.2. The fourth-order valence-corrected chi connectivity index (χ4v) is 3.13. The first-order valence-corrected chi connectivity index (χ1v) is 7.82. The van der Waals surface area contributed by atoms with Gasteiger partial charge in [0.25, 0.3) is 0 Å². The second-order valence-electron chi connectivity index (χ2n) is 6.15. The molecule has 1 saturated heterocycles. The van der Waals surface area contributed by atoms with Crippen LogP contribution in [0, 0.1) is 6.92 Å². The Bertz CT molecular complexity index is 422. The second-order valence-corrected chi connectivity index (χ2v) is 6.15. The van der Waals surface area contributed by atoms with Crippen LogP contribution in [-0.4, -0.2) is 23.5 Å². The predicted molar refractivity (Wildman–Crippen MR) is 77.0 cm³/mol. The number of hydrogen-bond donors (Lipinski definition) is 1. The summed E-state index contributed by atoms with van der Waals surface area (Å²) in [4.78, 5) is 2.58. The van der Waals surface area contributed by atoms with Crippen LogP contribution in [0.2, 0.25) is 0 Å². The summed E-state index contributed by atoms with van der Waals surface area (Å²) in [6.45, 7) is 7.57. The van der Waals surface area contributed by atoms with Gasteiger partial charge in [-0.1, -0.05) is 6.92 Å². The van der Waals surface area contributed by atoms with Crippen molar-refractivity contribution in [3.63, 3.8) is 0 Å². The highest BCUT2D eigenvalue weighted by Gasteiger charge is 2.24. The molecule has 0 spiro atoms. The summed E-state index contributed by atoms with van der Waals surface area (Å²) >= 11 is 0. The molecule has 2 fully saturated rings. The van der Waals surface area contributed by atoms with Gasteiger partial charge in [0.05, 0.1) is 13.1 Å². The molecule has 2 aliphatic rings. The number of nitrogens with zero attached hydrogens (tertiary/aromatic N) is 1. The summed E-state index contributed by atoms with van der Waals surface area (Å²) in [5.74, 6) is 2.28. The predicted octanol–water partition coefficient (Wildman–Crippen LogP) is 3.21. The Labute approximate surface area is 116 Å².